The molecule has 0 fully saturated rings. The number of rotatable bonds is 2. The van der Waals surface area contributed by atoms with E-state index in [2.05, 4.69) is 0 Å². The molecule has 0 unspecified atom stereocenters. The lowest BCUT2D eigenvalue weighted by molar-refractivity contribution is 0.101. The van der Waals surface area contributed by atoms with Crippen molar-refractivity contribution in [2.75, 3.05) is 0 Å². The number of hydrogen-bond donors (Lipinski definition) is 0. The van der Waals surface area contributed by atoms with Gasteiger partial charge in [0.1, 0.15) is 7.85 Å². The lowest BCUT2D eigenvalue weighted by Gasteiger charge is -2.00. The molecule has 0 amide bonds. The summed E-state index contributed by atoms with van der Waals surface area (Å²) < 4.78 is 0. The zero-order chi connectivity index (χ0) is 8.27. The van der Waals surface area contributed by atoms with Crippen LogP contribution >= 0.6 is 0 Å². The highest BCUT2D eigenvalue weighted by Gasteiger charge is 2.03. The average Bonchev–Trinajstić information content (AvgIpc) is 2.04. The Balaban J connectivity index is 3.03. The van der Waals surface area contributed by atoms with Crippen LogP contribution in [0, 0.1) is 6.92 Å². The second-order valence-electron chi connectivity index (χ2n) is 2.59. The Morgan fingerprint density at radius 1 is 1.45 bits per heavy atom. The third-order valence-corrected chi connectivity index (χ3v) is 1.77. The van der Waals surface area contributed by atoms with Crippen molar-refractivity contribution in [3.05, 3.63) is 35.4 Å². The monoisotopic (exact) mass is 146 g/mol. The summed E-state index contributed by atoms with van der Waals surface area (Å²) in [7, 11) is 1.88. The van der Waals surface area contributed by atoms with Gasteiger partial charge in [0.2, 0.25) is 0 Å². The minimum absolute atomic E-state index is 0.225. The standard InChI is InChI=1S/C9H11BO/c1-7-4-2-3-5-8(7)9(11)6-10/h2-5H,6,10H2,1H3. The number of aryl methyl sites for hydroxylation is 1. The lowest BCUT2D eigenvalue weighted by Crippen LogP contribution is -1.99. The van der Waals surface area contributed by atoms with Crippen molar-refractivity contribution in [2.24, 2.45) is 0 Å². The van der Waals surface area contributed by atoms with Crippen LogP contribution in [-0.2, 0) is 0 Å². The topological polar surface area (TPSA) is 17.1 Å². The van der Waals surface area contributed by atoms with Crippen LogP contribution in [0.3, 0.4) is 0 Å². The minimum Gasteiger partial charge on any atom is -0.295 e. The molecule has 1 nitrogen and oxygen atoms in total. The molecule has 0 N–H and O–H groups in total. The summed E-state index contributed by atoms with van der Waals surface area (Å²) in [4.78, 5) is 11.2. The molecule has 1 rings (SSSR count). The summed E-state index contributed by atoms with van der Waals surface area (Å²) in [6.45, 7) is 1.96. The minimum atomic E-state index is 0.225. The highest BCUT2D eigenvalue weighted by atomic mass is 16.1. The van der Waals surface area contributed by atoms with Crippen molar-refractivity contribution in [3.8, 4) is 0 Å². The van der Waals surface area contributed by atoms with Gasteiger partial charge in [-0.05, 0) is 18.8 Å². The summed E-state index contributed by atoms with van der Waals surface area (Å²) in [5.74, 6) is 0.225. The van der Waals surface area contributed by atoms with Crippen LogP contribution in [0.25, 0.3) is 0 Å². The van der Waals surface area contributed by atoms with Crippen LogP contribution in [0.5, 0.6) is 0 Å². The molecule has 0 aliphatic heterocycles. The fraction of sp³-hybridized carbons (Fsp3) is 0.222. The van der Waals surface area contributed by atoms with E-state index in [1.165, 1.54) is 0 Å². The van der Waals surface area contributed by atoms with Crippen LogP contribution < -0.4 is 0 Å². The van der Waals surface area contributed by atoms with E-state index in [9.17, 15) is 4.79 Å². The van der Waals surface area contributed by atoms with Gasteiger partial charge in [-0.3, -0.25) is 4.79 Å². The molecule has 11 heavy (non-hydrogen) atoms. The van der Waals surface area contributed by atoms with Crippen LogP contribution in [0.2, 0.25) is 6.32 Å². The Morgan fingerprint density at radius 2 is 2.09 bits per heavy atom. The molecule has 0 bridgehead atoms. The second-order valence-corrected chi connectivity index (χ2v) is 2.59. The van der Waals surface area contributed by atoms with Gasteiger partial charge in [-0.2, -0.15) is 0 Å². The molecule has 1 aromatic rings. The third kappa shape index (κ3) is 1.70. The van der Waals surface area contributed by atoms with Crippen LogP contribution in [0.4, 0.5) is 0 Å². The third-order valence-electron chi connectivity index (χ3n) is 1.77. The predicted molar refractivity (Wildman–Crippen MR) is 48.9 cm³/mol. The number of hydrogen-bond acceptors (Lipinski definition) is 1. The summed E-state index contributed by atoms with van der Waals surface area (Å²) in [5.41, 5.74) is 1.93. The molecule has 0 saturated carbocycles. The van der Waals surface area contributed by atoms with E-state index in [0.717, 1.165) is 11.1 Å². The van der Waals surface area contributed by atoms with Gasteiger partial charge >= 0.3 is 0 Å². The number of carbonyl (C=O) groups excluding carboxylic acids is 1. The van der Waals surface area contributed by atoms with Gasteiger partial charge in [0.25, 0.3) is 0 Å². The van der Waals surface area contributed by atoms with Gasteiger partial charge in [0.15, 0.2) is 5.78 Å². The van der Waals surface area contributed by atoms with E-state index in [1.54, 1.807) is 0 Å². The van der Waals surface area contributed by atoms with Crippen molar-refractivity contribution >= 4 is 13.6 Å². The van der Waals surface area contributed by atoms with Crippen molar-refractivity contribution < 1.29 is 4.79 Å². The van der Waals surface area contributed by atoms with Crippen LogP contribution in [0.1, 0.15) is 15.9 Å². The van der Waals surface area contributed by atoms with Crippen molar-refractivity contribution in [1.82, 2.24) is 0 Å². The molecule has 56 valence electrons. The largest absolute Gasteiger partial charge is 0.295 e. The van der Waals surface area contributed by atoms with Gasteiger partial charge in [-0.15, -0.1) is 0 Å². The summed E-state index contributed by atoms with van der Waals surface area (Å²) in [6, 6.07) is 7.68. The molecule has 0 radical (unpaired) electrons. The van der Waals surface area contributed by atoms with E-state index >= 15 is 0 Å². The lowest BCUT2D eigenvalue weighted by atomic mass is 9.93. The predicted octanol–water partition coefficient (Wildman–Crippen LogP) is 1.23. The second kappa shape index (κ2) is 3.38. The Kier molecular flexibility index (Phi) is 2.47. The van der Waals surface area contributed by atoms with Gasteiger partial charge in [0.05, 0.1) is 0 Å². The molecule has 0 aliphatic rings. The Morgan fingerprint density at radius 3 is 2.64 bits per heavy atom. The maximum absolute atomic E-state index is 11.2. The first kappa shape index (κ1) is 8.06. The molecule has 0 heterocycles. The van der Waals surface area contributed by atoms with E-state index in [1.807, 2.05) is 39.0 Å². The van der Waals surface area contributed by atoms with Crippen molar-refractivity contribution in [1.29, 1.82) is 0 Å². The highest BCUT2D eigenvalue weighted by molar-refractivity contribution is 6.24. The SMILES string of the molecule is BCC(=O)c1ccccc1C. The molecule has 0 aromatic heterocycles. The average molecular weight is 146 g/mol. The van der Waals surface area contributed by atoms with Crippen molar-refractivity contribution in [2.45, 2.75) is 13.2 Å². The van der Waals surface area contributed by atoms with Crippen LogP contribution in [0.15, 0.2) is 24.3 Å². The zero-order valence-electron chi connectivity index (χ0n) is 6.92. The van der Waals surface area contributed by atoms with Gasteiger partial charge < -0.3 is 0 Å². The van der Waals surface area contributed by atoms with E-state index < -0.39 is 0 Å². The molecule has 0 aliphatic carbocycles. The molecular formula is C9H11BO. The Labute approximate surface area is 67.8 Å². The molecule has 0 saturated heterocycles. The van der Waals surface area contributed by atoms with Crippen molar-refractivity contribution in [3.63, 3.8) is 0 Å². The summed E-state index contributed by atoms with van der Waals surface area (Å²) >= 11 is 0. The molecule has 0 atom stereocenters. The van der Waals surface area contributed by atoms with Gasteiger partial charge in [-0.25, -0.2) is 0 Å². The maximum Gasteiger partial charge on any atom is 0.155 e. The highest BCUT2D eigenvalue weighted by Crippen LogP contribution is 2.08. The summed E-state index contributed by atoms with van der Waals surface area (Å²) in [6.07, 6.45) is 0.588. The fourth-order valence-electron chi connectivity index (χ4n) is 1.08. The summed E-state index contributed by atoms with van der Waals surface area (Å²) in [5, 5.41) is 0. The Bertz CT molecular complexity index is 268. The number of ketones is 1. The van der Waals surface area contributed by atoms with E-state index in [-0.39, 0.29) is 5.78 Å². The first-order chi connectivity index (χ1) is 5.25. The number of carbonyl (C=O) groups is 1. The number of benzene rings is 1. The van der Waals surface area contributed by atoms with Gasteiger partial charge in [-0.1, -0.05) is 24.3 Å². The normalized spacial score (nSPS) is 9.55. The smallest absolute Gasteiger partial charge is 0.155 e. The number of Topliss-reactive ketones (excluding diaryl/α,β-unsaturated/α-hetero) is 1. The molecule has 1 aromatic carbocycles. The molecule has 2 heteroatoms. The van der Waals surface area contributed by atoms with Gasteiger partial charge in [0, 0.05) is 5.56 Å². The van der Waals surface area contributed by atoms with E-state index in [0.29, 0.717) is 6.32 Å². The first-order valence-corrected chi connectivity index (χ1v) is 3.84. The fourth-order valence-corrected chi connectivity index (χ4v) is 1.08. The first-order valence-electron chi connectivity index (χ1n) is 3.84. The maximum atomic E-state index is 11.2. The molecular weight excluding hydrogens is 135 g/mol. The van der Waals surface area contributed by atoms with E-state index in [4.69, 9.17) is 0 Å². The zero-order valence-corrected chi connectivity index (χ0v) is 6.92. The quantitative estimate of drug-likeness (QED) is 0.453. The molecule has 0 spiro atoms. The van der Waals surface area contributed by atoms with Crippen LogP contribution in [-0.4, -0.2) is 13.6 Å². The Hall–Kier alpha value is -1.05.